The topological polar surface area (TPSA) is 132 Å². The van der Waals surface area contributed by atoms with E-state index in [9.17, 15) is 19.5 Å². The number of halogens is 1. The molecule has 5 atom stereocenters. The number of Topliss-reactive ketones (excluding diaryl/α,β-unsaturated/α-hetero) is 3. The minimum absolute atomic E-state index is 0.0256. The quantitative estimate of drug-likeness (QED) is 0.193. The predicted molar refractivity (Wildman–Crippen MR) is 170 cm³/mol. The SMILES string of the molecule is CN(C)C1c2onc(OCc3ccccc3)c2C(=O)C2(C)C(=O)C3C(=O)c4c(c(Cl)nc(CO)c4OCc4ccccc4)CC3CC12. The number of carbonyl (C=O) groups is 3. The molecule has 10 nitrogen and oxygen atoms in total. The number of rotatable bonds is 8. The summed E-state index contributed by atoms with van der Waals surface area (Å²) in [5.74, 6) is -2.98. The van der Waals surface area contributed by atoms with Crippen molar-refractivity contribution in [2.75, 3.05) is 14.1 Å². The van der Waals surface area contributed by atoms with Crippen molar-refractivity contribution in [3.8, 4) is 11.6 Å². The van der Waals surface area contributed by atoms with E-state index >= 15 is 0 Å². The second-order valence-corrected chi connectivity index (χ2v) is 13.3. The molecule has 47 heavy (non-hydrogen) atoms. The molecule has 1 saturated carbocycles. The van der Waals surface area contributed by atoms with E-state index in [1.165, 1.54) is 0 Å². The van der Waals surface area contributed by atoms with Gasteiger partial charge in [0, 0.05) is 11.5 Å². The summed E-state index contributed by atoms with van der Waals surface area (Å²) < 4.78 is 17.9. The fourth-order valence-corrected chi connectivity index (χ4v) is 7.99. The lowest BCUT2D eigenvalue weighted by molar-refractivity contribution is -0.140. The van der Waals surface area contributed by atoms with Crippen molar-refractivity contribution in [1.82, 2.24) is 15.0 Å². The summed E-state index contributed by atoms with van der Waals surface area (Å²) in [6.07, 6.45) is 0.664. The van der Waals surface area contributed by atoms with Gasteiger partial charge in [0.1, 0.15) is 29.6 Å². The van der Waals surface area contributed by atoms with Crippen molar-refractivity contribution in [3.63, 3.8) is 0 Å². The number of hydrogen-bond acceptors (Lipinski definition) is 10. The summed E-state index contributed by atoms with van der Waals surface area (Å²) in [5.41, 5.74) is 1.04. The standard InChI is InChI=1S/C36H34ClN3O7/c1-36-23(28(40(2)3)31-27(33(36)44)35(39-47-31)46-18-20-12-8-5-9-13-20)15-21-14-22-26(29(42)25(21)32(36)43)30(24(16-41)38-34(22)37)45-17-19-10-6-4-7-11-19/h4-13,21,23,25,28,41H,14-18H2,1-3H3. The third-order valence-electron chi connectivity index (χ3n) is 10.0. The fraction of sp³-hybridized carbons (Fsp3) is 0.361. The number of aliphatic hydroxyl groups excluding tert-OH is 1. The molecule has 3 aliphatic carbocycles. The number of fused-ring (bicyclic) bond motifs is 4. The van der Waals surface area contributed by atoms with E-state index in [0.29, 0.717) is 17.7 Å². The number of aliphatic hydroxyl groups is 1. The lowest BCUT2D eigenvalue weighted by Gasteiger charge is -2.52. The predicted octanol–water partition coefficient (Wildman–Crippen LogP) is 5.44. The van der Waals surface area contributed by atoms with E-state index in [1.54, 1.807) is 6.92 Å². The van der Waals surface area contributed by atoms with Crippen molar-refractivity contribution >= 4 is 29.0 Å². The van der Waals surface area contributed by atoms with Crippen molar-refractivity contribution < 1.29 is 33.5 Å². The second kappa shape index (κ2) is 12.0. The van der Waals surface area contributed by atoms with Gasteiger partial charge in [0.25, 0.3) is 5.88 Å². The van der Waals surface area contributed by atoms with E-state index < -0.39 is 53.2 Å². The summed E-state index contributed by atoms with van der Waals surface area (Å²) in [7, 11) is 3.73. The van der Waals surface area contributed by atoms with Gasteiger partial charge >= 0.3 is 0 Å². The number of ether oxygens (including phenoxy) is 2. The van der Waals surface area contributed by atoms with Gasteiger partial charge in [0.2, 0.25) is 0 Å². The van der Waals surface area contributed by atoms with Crippen LogP contribution in [0.5, 0.6) is 11.6 Å². The zero-order chi connectivity index (χ0) is 33.0. The van der Waals surface area contributed by atoms with E-state index in [-0.39, 0.29) is 53.2 Å². The van der Waals surface area contributed by atoms with Crippen LogP contribution < -0.4 is 9.47 Å². The van der Waals surface area contributed by atoms with Crippen LogP contribution in [0.3, 0.4) is 0 Å². The maximum absolute atomic E-state index is 14.8. The maximum atomic E-state index is 14.8. The van der Waals surface area contributed by atoms with Crippen molar-refractivity contribution in [1.29, 1.82) is 0 Å². The van der Waals surface area contributed by atoms with Crippen molar-refractivity contribution in [2.24, 2.45) is 23.2 Å². The molecule has 242 valence electrons. The molecule has 0 spiro atoms. The van der Waals surface area contributed by atoms with Gasteiger partial charge in [-0.1, -0.05) is 72.3 Å². The maximum Gasteiger partial charge on any atom is 0.265 e. The number of ketones is 3. The van der Waals surface area contributed by atoms with Crippen LogP contribution in [0.25, 0.3) is 0 Å². The Labute approximate surface area is 276 Å². The Morgan fingerprint density at radius 2 is 1.62 bits per heavy atom. The molecule has 0 aliphatic heterocycles. The monoisotopic (exact) mass is 655 g/mol. The van der Waals surface area contributed by atoms with E-state index in [1.807, 2.05) is 79.7 Å². The van der Waals surface area contributed by atoms with Crippen LogP contribution in [-0.2, 0) is 31.0 Å². The van der Waals surface area contributed by atoms with Crippen LogP contribution in [0, 0.1) is 23.2 Å². The molecule has 11 heteroatoms. The molecule has 2 aromatic carbocycles. The molecule has 5 unspecified atom stereocenters. The van der Waals surface area contributed by atoms with Gasteiger partial charge in [-0.15, -0.1) is 0 Å². The van der Waals surface area contributed by atoms with Gasteiger partial charge in [0.05, 0.1) is 29.5 Å². The molecular formula is C36H34ClN3O7. The van der Waals surface area contributed by atoms with Crippen LogP contribution in [0.1, 0.15) is 68.2 Å². The number of aromatic nitrogens is 2. The average molecular weight is 656 g/mol. The molecule has 2 heterocycles. The first kappa shape index (κ1) is 31.2. The third-order valence-corrected chi connectivity index (χ3v) is 10.3. The van der Waals surface area contributed by atoms with E-state index in [0.717, 1.165) is 11.1 Å². The average Bonchev–Trinajstić information content (AvgIpc) is 3.49. The number of hydrogen-bond donors (Lipinski definition) is 1. The molecular weight excluding hydrogens is 622 g/mol. The first-order valence-corrected chi connectivity index (χ1v) is 16.0. The summed E-state index contributed by atoms with van der Waals surface area (Å²) in [4.78, 5) is 50.1. The zero-order valence-electron chi connectivity index (χ0n) is 26.2. The van der Waals surface area contributed by atoms with Gasteiger partial charge in [-0.3, -0.25) is 19.3 Å². The minimum atomic E-state index is -1.56. The molecule has 0 bridgehead atoms. The summed E-state index contributed by atoms with van der Waals surface area (Å²) in [6, 6.07) is 18.4. The van der Waals surface area contributed by atoms with Crippen molar-refractivity contribution in [3.05, 3.63) is 105 Å². The van der Waals surface area contributed by atoms with Crippen molar-refractivity contribution in [2.45, 2.75) is 45.6 Å². The Hall–Kier alpha value is -4.38. The lowest BCUT2D eigenvalue weighted by Crippen LogP contribution is -2.60. The van der Waals surface area contributed by atoms with Gasteiger partial charge in [-0.2, -0.15) is 0 Å². The largest absolute Gasteiger partial charge is 0.486 e. The number of benzene rings is 2. The summed E-state index contributed by atoms with van der Waals surface area (Å²) in [5, 5.41) is 14.4. The highest BCUT2D eigenvalue weighted by Gasteiger charge is 2.65. The third kappa shape index (κ3) is 4.97. The molecule has 1 fully saturated rings. The second-order valence-electron chi connectivity index (χ2n) is 12.9. The number of nitrogens with zero attached hydrogens (tertiary/aromatic N) is 3. The molecule has 4 aromatic rings. The van der Waals surface area contributed by atoms with Crippen LogP contribution >= 0.6 is 11.6 Å². The smallest absolute Gasteiger partial charge is 0.265 e. The van der Waals surface area contributed by atoms with Gasteiger partial charge < -0.3 is 19.1 Å². The molecule has 0 saturated heterocycles. The highest BCUT2D eigenvalue weighted by Crippen LogP contribution is 2.59. The Morgan fingerprint density at radius 1 is 0.979 bits per heavy atom. The molecule has 7 rings (SSSR count). The zero-order valence-corrected chi connectivity index (χ0v) is 27.0. The highest BCUT2D eigenvalue weighted by molar-refractivity contribution is 6.32. The van der Waals surface area contributed by atoms with Crippen LogP contribution in [-0.4, -0.2) is 51.6 Å². The fourth-order valence-electron chi connectivity index (χ4n) is 7.71. The Bertz CT molecular complexity index is 1880. The molecule has 2 aromatic heterocycles. The van der Waals surface area contributed by atoms with Gasteiger partial charge in [-0.25, -0.2) is 4.98 Å². The molecule has 0 amide bonds. The van der Waals surface area contributed by atoms with Crippen LogP contribution in [0.4, 0.5) is 0 Å². The summed E-state index contributed by atoms with van der Waals surface area (Å²) in [6.45, 7) is 1.39. The first-order chi connectivity index (χ1) is 22.6. The highest BCUT2D eigenvalue weighted by atomic mass is 35.5. The molecule has 1 N–H and O–H groups in total. The lowest BCUT2D eigenvalue weighted by atomic mass is 9.50. The normalized spacial score (nSPS) is 24.8. The van der Waals surface area contributed by atoms with Crippen LogP contribution in [0.15, 0.2) is 65.2 Å². The van der Waals surface area contributed by atoms with Gasteiger partial charge in [-0.05, 0) is 56.1 Å². The molecule has 0 radical (unpaired) electrons. The Balaban J connectivity index is 1.28. The Morgan fingerprint density at radius 3 is 2.23 bits per heavy atom. The van der Waals surface area contributed by atoms with E-state index in [4.69, 9.17) is 25.6 Å². The number of carbonyl (C=O) groups excluding carboxylic acids is 3. The summed E-state index contributed by atoms with van der Waals surface area (Å²) >= 11 is 6.64. The first-order valence-electron chi connectivity index (χ1n) is 15.6. The minimum Gasteiger partial charge on any atom is -0.486 e. The van der Waals surface area contributed by atoms with Crippen LogP contribution in [0.2, 0.25) is 5.15 Å². The number of pyridine rings is 1. The van der Waals surface area contributed by atoms with E-state index in [2.05, 4.69) is 10.1 Å². The molecule has 3 aliphatic rings. The Kier molecular flexibility index (Phi) is 7.98. The van der Waals surface area contributed by atoms with Gasteiger partial charge in [0.15, 0.2) is 28.9 Å².